The zero-order chi connectivity index (χ0) is 11.4. The van der Waals surface area contributed by atoms with Crippen molar-refractivity contribution in [3.63, 3.8) is 0 Å². The highest BCUT2D eigenvalue weighted by atomic mass is 15.1. The molecule has 0 aromatic carbocycles. The first kappa shape index (κ1) is 12.1. The summed E-state index contributed by atoms with van der Waals surface area (Å²) in [6.45, 7) is 9.72. The molecule has 0 bridgehead atoms. The van der Waals surface area contributed by atoms with E-state index < -0.39 is 0 Å². The van der Waals surface area contributed by atoms with E-state index in [4.69, 9.17) is 5.73 Å². The molecule has 15 heavy (non-hydrogen) atoms. The van der Waals surface area contributed by atoms with E-state index in [1.54, 1.807) is 0 Å². The van der Waals surface area contributed by atoms with E-state index in [0.29, 0.717) is 11.8 Å². The van der Waals surface area contributed by atoms with Gasteiger partial charge in [-0.05, 0) is 18.8 Å². The molecule has 0 saturated carbocycles. The van der Waals surface area contributed by atoms with Gasteiger partial charge >= 0.3 is 0 Å². The zero-order valence-electron chi connectivity index (χ0n) is 10.3. The SMILES string of the molecule is CCC(CC)c1ncn(CC(C)C)c1N. The molecule has 0 aliphatic rings. The fourth-order valence-electron chi connectivity index (χ4n) is 1.94. The predicted octanol–water partition coefficient (Wildman–Crippen LogP) is 3.02. The lowest BCUT2D eigenvalue weighted by Crippen LogP contribution is -2.08. The molecular weight excluding hydrogens is 186 g/mol. The van der Waals surface area contributed by atoms with Crippen molar-refractivity contribution >= 4 is 5.82 Å². The van der Waals surface area contributed by atoms with Crippen LogP contribution in [0.1, 0.15) is 52.1 Å². The van der Waals surface area contributed by atoms with Gasteiger partial charge in [0.05, 0.1) is 12.0 Å². The van der Waals surface area contributed by atoms with Crippen molar-refractivity contribution in [3.8, 4) is 0 Å². The molecule has 3 nitrogen and oxygen atoms in total. The maximum atomic E-state index is 6.10. The topological polar surface area (TPSA) is 43.8 Å². The average molecular weight is 209 g/mol. The Kier molecular flexibility index (Phi) is 4.18. The van der Waals surface area contributed by atoms with Crippen LogP contribution in [0.2, 0.25) is 0 Å². The van der Waals surface area contributed by atoms with E-state index >= 15 is 0 Å². The van der Waals surface area contributed by atoms with Gasteiger partial charge in [-0.25, -0.2) is 4.98 Å². The lowest BCUT2D eigenvalue weighted by molar-refractivity contribution is 0.526. The van der Waals surface area contributed by atoms with E-state index in [2.05, 4.69) is 37.2 Å². The Morgan fingerprint density at radius 3 is 2.40 bits per heavy atom. The molecule has 0 saturated heterocycles. The number of imidazole rings is 1. The van der Waals surface area contributed by atoms with Gasteiger partial charge in [0.1, 0.15) is 5.82 Å². The average Bonchev–Trinajstić information content (AvgIpc) is 2.51. The molecule has 1 aromatic heterocycles. The monoisotopic (exact) mass is 209 g/mol. The third kappa shape index (κ3) is 2.74. The van der Waals surface area contributed by atoms with Crippen molar-refractivity contribution in [3.05, 3.63) is 12.0 Å². The first-order valence-electron chi connectivity index (χ1n) is 5.90. The molecule has 1 rings (SSSR count). The van der Waals surface area contributed by atoms with Gasteiger partial charge in [0.25, 0.3) is 0 Å². The number of nitrogens with zero attached hydrogens (tertiary/aromatic N) is 2. The van der Waals surface area contributed by atoms with Gasteiger partial charge in [-0.15, -0.1) is 0 Å². The number of aromatic nitrogens is 2. The van der Waals surface area contributed by atoms with Crippen molar-refractivity contribution in [2.75, 3.05) is 5.73 Å². The summed E-state index contributed by atoms with van der Waals surface area (Å²) in [6, 6.07) is 0. The minimum Gasteiger partial charge on any atom is -0.384 e. The molecule has 1 heterocycles. The van der Waals surface area contributed by atoms with Crippen LogP contribution in [0, 0.1) is 5.92 Å². The van der Waals surface area contributed by atoms with Gasteiger partial charge in [-0.3, -0.25) is 0 Å². The smallest absolute Gasteiger partial charge is 0.126 e. The Bertz CT molecular complexity index is 298. The molecule has 0 amide bonds. The van der Waals surface area contributed by atoms with Crippen LogP contribution < -0.4 is 5.73 Å². The number of hydrogen-bond acceptors (Lipinski definition) is 2. The summed E-state index contributed by atoms with van der Waals surface area (Å²) in [7, 11) is 0. The molecule has 0 aliphatic heterocycles. The zero-order valence-corrected chi connectivity index (χ0v) is 10.3. The molecule has 0 radical (unpaired) electrons. The van der Waals surface area contributed by atoms with Crippen LogP contribution in [-0.4, -0.2) is 9.55 Å². The van der Waals surface area contributed by atoms with Crippen LogP contribution >= 0.6 is 0 Å². The van der Waals surface area contributed by atoms with Crippen molar-refractivity contribution < 1.29 is 0 Å². The minimum atomic E-state index is 0.512. The number of nitrogens with two attached hydrogens (primary N) is 1. The predicted molar refractivity (Wildman–Crippen MR) is 64.8 cm³/mol. The minimum absolute atomic E-state index is 0.512. The van der Waals surface area contributed by atoms with Crippen molar-refractivity contribution in [2.24, 2.45) is 5.92 Å². The van der Waals surface area contributed by atoms with Crippen LogP contribution in [0.15, 0.2) is 6.33 Å². The third-order valence-corrected chi connectivity index (χ3v) is 2.84. The molecule has 0 fully saturated rings. The summed E-state index contributed by atoms with van der Waals surface area (Å²) in [5.74, 6) is 1.98. The Hall–Kier alpha value is -0.990. The highest BCUT2D eigenvalue weighted by Gasteiger charge is 2.15. The summed E-state index contributed by atoms with van der Waals surface area (Å²) in [5.41, 5.74) is 7.19. The summed E-state index contributed by atoms with van der Waals surface area (Å²) >= 11 is 0. The summed E-state index contributed by atoms with van der Waals surface area (Å²) < 4.78 is 2.07. The van der Waals surface area contributed by atoms with Gasteiger partial charge in [-0.1, -0.05) is 27.7 Å². The molecule has 2 N–H and O–H groups in total. The van der Waals surface area contributed by atoms with Gasteiger partial charge in [0.2, 0.25) is 0 Å². The third-order valence-electron chi connectivity index (χ3n) is 2.84. The first-order valence-corrected chi connectivity index (χ1v) is 5.90. The van der Waals surface area contributed by atoms with E-state index in [9.17, 15) is 0 Å². The maximum absolute atomic E-state index is 6.10. The second-order valence-corrected chi connectivity index (χ2v) is 4.57. The Morgan fingerprint density at radius 1 is 1.33 bits per heavy atom. The lowest BCUT2D eigenvalue weighted by atomic mass is 9.99. The molecule has 0 unspecified atom stereocenters. The second-order valence-electron chi connectivity index (χ2n) is 4.57. The molecule has 3 heteroatoms. The van der Waals surface area contributed by atoms with E-state index in [1.165, 1.54) is 0 Å². The largest absolute Gasteiger partial charge is 0.384 e. The lowest BCUT2D eigenvalue weighted by Gasteiger charge is -2.12. The molecule has 0 atom stereocenters. The highest BCUT2D eigenvalue weighted by molar-refractivity contribution is 5.38. The number of rotatable bonds is 5. The van der Waals surface area contributed by atoms with E-state index in [0.717, 1.165) is 30.9 Å². The number of nitrogen functional groups attached to an aromatic ring is 1. The van der Waals surface area contributed by atoms with Crippen LogP contribution in [0.25, 0.3) is 0 Å². The number of anilines is 1. The normalized spacial score (nSPS) is 11.6. The summed E-state index contributed by atoms with van der Waals surface area (Å²) in [5, 5.41) is 0. The van der Waals surface area contributed by atoms with Gasteiger partial charge < -0.3 is 10.3 Å². The van der Waals surface area contributed by atoms with E-state index in [1.807, 2.05) is 6.33 Å². The molecule has 1 aromatic rings. The standard InChI is InChI=1S/C12H23N3/c1-5-10(6-2)11-12(13)15(8-14-11)7-9(3)4/h8-10H,5-7,13H2,1-4H3. The van der Waals surface area contributed by atoms with Gasteiger partial charge in [-0.2, -0.15) is 0 Å². The fourth-order valence-corrected chi connectivity index (χ4v) is 1.94. The van der Waals surface area contributed by atoms with E-state index in [-0.39, 0.29) is 0 Å². The summed E-state index contributed by atoms with van der Waals surface area (Å²) in [4.78, 5) is 4.45. The van der Waals surface area contributed by atoms with Crippen LogP contribution in [0.3, 0.4) is 0 Å². The fraction of sp³-hybridized carbons (Fsp3) is 0.750. The Morgan fingerprint density at radius 2 is 1.93 bits per heavy atom. The first-order chi connectivity index (χ1) is 7.10. The molecular formula is C12H23N3. The van der Waals surface area contributed by atoms with Crippen LogP contribution in [0.4, 0.5) is 5.82 Å². The van der Waals surface area contributed by atoms with Crippen LogP contribution in [0.5, 0.6) is 0 Å². The van der Waals surface area contributed by atoms with Crippen LogP contribution in [-0.2, 0) is 6.54 Å². The molecule has 0 spiro atoms. The van der Waals surface area contributed by atoms with Crippen molar-refractivity contribution in [1.82, 2.24) is 9.55 Å². The summed E-state index contributed by atoms with van der Waals surface area (Å²) in [6.07, 6.45) is 4.10. The number of hydrogen-bond donors (Lipinski definition) is 1. The molecule has 86 valence electrons. The Balaban J connectivity index is 2.87. The highest BCUT2D eigenvalue weighted by Crippen LogP contribution is 2.26. The van der Waals surface area contributed by atoms with Gasteiger partial charge in [0, 0.05) is 12.5 Å². The van der Waals surface area contributed by atoms with Crippen molar-refractivity contribution in [2.45, 2.75) is 53.0 Å². The molecule has 0 aliphatic carbocycles. The van der Waals surface area contributed by atoms with Gasteiger partial charge in [0.15, 0.2) is 0 Å². The maximum Gasteiger partial charge on any atom is 0.126 e. The van der Waals surface area contributed by atoms with Crippen molar-refractivity contribution in [1.29, 1.82) is 0 Å². The second kappa shape index (κ2) is 5.19. The quantitative estimate of drug-likeness (QED) is 0.810. The Labute approximate surface area is 92.7 Å².